The van der Waals surface area contributed by atoms with Crippen molar-refractivity contribution in [3.05, 3.63) is 28.8 Å². The SMILES string of the molecule is CCCCCNCc1cc(Cl)ccc1OCC(N)=O.Cl. The third kappa shape index (κ3) is 7.58. The van der Waals surface area contributed by atoms with E-state index in [1.807, 2.05) is 6.07 Å². The Hall–Kier alpha value is -0.970. The Morgan fingerprint density at radius 3 is 2.80 bits per heavy atom. The summed E-state index contributed by atoms with van der Waals surface area (Å²) in [7, 11) is 0. The van der Waals surface area contributed by atoms with Crippen molar-refractivity contribution in [2.45, 2.75) is 32.7 Å². The minimum atomic E-state index is -0.489. The fraction of sp³-hybridized carbons (Fsp3) is 0.500. The summed E-state index contributed by atoms with van der Waals surface area (Å²) in [4.78, 5) is 10.7. The Morgan fingerprint density at radius 2 is 2.15 bits per heavy atom. The molecule has 4 nitrogen and oxygen atoms in total. The van der Waals surface area contributed by atoms with Gasteiger partial charge in [-0.2, -0.15) is 0 Å². The van der Waals surface area contributed by atoms with Crippen LogP contribution in [0, 0.1) is 0 Å². The first-order chi connectivity index (χ1) is 9.13. The molecule has 0 atom stereocenters. The first-order valence-corrected chi connectivity index (χ1v) is 6.91. The number of amides is 1. The standard InChI is InChI=1S/C14H21ClN2O2.ClH/c1-2-3-4-7-17-9-11-8-12(15)5-6-13(11)19-10-14(16)18;/h5-6,8,17H,2-4,7,9-10H2,1H3,(H2,16,18);1H. The molecule has 0 aromatic heterocycles. The monoisotopic (exact) mass is 320 g/mol. The highest BCUT2D eigenvalue weighted by atomic mass is 35.5. The lowest BCUT2D eigenvalue weighted by atomic mass is 10.2. The quantitative estimate of drug-likeness (QED) is 0.687. The van der Waals surface area contributed by atoms with Crippen molar-refractivity contribution in [1.29, 1.82) is 0 Å². The van der Waals surface area contributed by atoms with E-state index in [9.17, 15) is 4.79 Å². The summed E-state index contributed by atoms with van der Waals surface area (Å²) in [6.07, 6.45) is 3.56. The number of carbonyl (C=O) groups is 1. The Kier molecular flexibility index (Phi) is 10.3. The third-order valence-corrected chi connectivity index (χ3v) is 2.90. The number of nitrogens with two attached hydrogens (primary N) is 1. The number of primary amides is 1. The maximum absolute atomic E-state index is 10.7. The molecule has 0 aliphatic carbocycles. The molecule has 114 valence electrons. The molecule has 0 aliphatic heterocycles. The van der Waals surface area contributed by atoms with Crippen LogP contribution in [0.2, 0.25) is 5.02 Å². The van der Waals surface area contributed by atoms with Gasteiger partial charge >= 0.3 is 0 Å². The lowest BCUT2D eigenvalue weighted by molar-refractivity contribution is -0.119. The van der Waals surface area contributed by atoms with Crippen LogP contribution in [-0.2, 0) is 11.3 Å². The van der Waals surface area contributed by atoms with E-state index in [2.05, 4.69) is 12.2 Å². The first-order valence-electron chi connectivity index (χ1n) is 6.53. The zero-order valence-corrected chi connectivity index (χ0v) is 13.2. The summed E-state index contributed by atoms with van der Waals surface area (Å²) in [5, 5.41) is 3.99. The number of hydrogen-bond donors (Lipinski definition) is 2. The molecule has 6 heteroatoms. The molecule has 0 saturated heterocycles. The average molecular weight is 321 g/mol. The average Bonchev–Trinajstić information content (AvgIpc) is 2.37. The van der Waals surface area contributed by atoms with Gasteiger partial charge in [0.2, 0.25) is 0 Å². The second kappa shape index (κ2) is 10.8. The van der Waals surface area contributed by atoms with Crippen molar-refractivity contribution in [1.82, 2.24) is 5.32 Å². The number of nitrogens with one attached hydrogen (secondary N) is 1. The van der Waals surface area contributed by atoms with Gasteiger partial charge in [-0.05, 0) is 31.2 Å². The fourth-order valence-corrected chi connectivity index (χ4v) is 1.89. The molecule has 1 rings (SSSR count). The summed E-state index contributed by atoms with van der Waals surface area (Å²) < 4.78 is 5.36. The predicted molar refractivity (Wildman–Crippen MR) is 84.6 cm³/mol. The first kappa shape index (κ1) is 19.0. The largest absolute Gasteiger partial charge is 0.483 e. The van der Waals surface area contributed by atoms with Crippen LogP contribution in [-0.4, -0.2) is 19.1 Å². The van der Waals surface area contributed by atoms with Gasteiger partial charge < -0.3 is 15.8 Å². The van der Waals surface area contributed by atoms with Crippen molar-refractivity contribution in [3.8, 4) is 5.75 Å². The Bertz CT molecular complexity index is 414. The number of ether oxygens (including phenoxy) is 1. The predicted octanol–water partition coefficient (Wildman–Crippen LogP) is 2.91. The topological polar surface area (TPSA) is 64.3 Å². The molecule has 0 fully saturated rings. The van der Waals surface area contributed by atoms with Crippen LogP contribution >= 0.6 is 24.0 Å². The van der Waals surface area contributed by atoms with Crippen LogP contribution in [0.25, 0.3) is 0 Å². The third-order valence-electron chi connectivity index (χ3n) is 2.67. The lowest BCUT2D eigenvalue weighted by Crippen LogP contribution is -2.21. The van der Waals surface area contributed by atoms with E-state index >= 15 is 0 Å². The van der Waals surface area contributed by atoms with Gasteiger partial charge in [0.1, 0.15) is 5.75 Å². The van der Waals surface area contributed by atoms with Crippen molar-refractivity contribution >= 4 is 29.9 Å². The van der Waals surface area contributed by atoms with Crippen LogP contribution in [0.3, 0.4) is 0 Å². The summed E-state index contributed by atoms with van der Waals surface area (Å²) in [5.41, 5.74) is 6.01. The minimum absolute atomic E-state index is 0. The van der Waals surface area contributed by atoms with E-state index in [4.69, 9.17) is 22.1 Å². The molecule has 0 spiro atoms. The fourth-order valence-electron chi connectivity index (χ4n) is 1.70. The van der Waals surface area contributed by atoms with Crippen LogP contribution in [0.5, 0.6) is 5.75 Å². The molecule has 0 heterocycles. The maximum atomic E-state index is 10.7. The smallest absolute Gasteiger partial charge is 0.255 e. The van der Waals surface area contributed by atoms with Gasteiger partial charge in [0.25, 0.3) is 5.91 Å². The van der Waals surface area contributed by atoms with Crippen LogP contribution < -0.4 is 15.8 Å². The van der Waals surface area contributed by atoms with Gasteiger partial charge in [-0.1, -0.05) is 31.4 Å². The molecule has 0 saturated carbocycles. The van der Waals surface area contributed by atoms with Gasteiger partial charge in [-0.15, -0.1) is 12.4 Å². The Morgan fingerprint density at radius 1 is 1.40 bits per heavy atom. The van der Waals surface area contributed by atoms with Crippen LogP contribution in [0.15, 0.2) is 18.2 Å². The zero-order chi connectivity index (χ0) is 14.1. The molecule has 1 aromatic carbocycles. The van der Waals surface area contributed by atoms with E-state index in [1.165, 1.54) is 12.8 Å². The van der Waals surface area contributed by atoms with Gasteiger partial charge in [0.15, 0.2) is 6.61 Å². The van der Waals surface area contributed by atoms with Crippen molar-refractivity contribution in [2.75, 3.05) is 13.2 Å². The Labute approximate surface area is 131 Å². The van der Waals surface area contributed by atoms with Crippen LogP contribution in [0.4, 0.5) is 0 Å². The molecule has 0 radical (unpaired) electrons. The number of carbonyl (C=O) groups excluding carboxylic acids is 1. The van der Waals surface area contributed by atoms with E-state index < -0.39 is 5.91 Å². The summed E-state index contributed by atoms with van der Waals surface area (Å²) >= 11 is 5.97. The second-order valence-corrected chi connectivity index (χ2v) is 4.83. The molecule has 1 aromatic rings. The number of unbranched alkanes of at least 4 members (excludes halogenated alkanes) is 2. The number of rotatable bonds is 9. The summed E-state index contributed by atoms with van der Waals surface area (Å²) in [6, 6.07) is 5.33. The van der Waals surface area contributed by atoms with E-state index in [0.29, 0.717) is 17.3 Å². The summed E-state index contributed by atoms with van der Waals surface area (Å²) in [5.74, 6) is 0.156. The molecule has 20 heavy (non-hydrogen) atoms. The molecular formula is C14H22Cl2N2O2. The number of benzene rings is 1. The zero-order valence-electron chi connectivity index (χ0n) is 11.7. The molecular weight excluding hydrogens is 299 g/mol. The number of halogens is 2. The van der Waals surface area contributed by atoms with Crippen molar-refractivity contribution < 1.29 is 9.53 Å². The highest BCUT2D eigenvalue weighted by molar-refractivity contribution is 6.30. The number of hydrogen-bond acceptors (Lipinski definition) is 3. The summed E-state index contributed by atoms with van der Waals surface area (Å²) in [6.45, 7) is 3.67. The van der Waals surface area contributed by atoms with Gasteiger partial charge in [0.05, 0.1) is 0 Å². The van der Waals surface area contributed by atoms with E-state index in [0.717, 1.165) is 18.5 Å². The molecule has 0 bridgehead atoms. The lowest BCUT2D eigenvalue weighted by Gasteiger charge is -2.11. The van der Waals surface area contributed by atoms with Gasteiger partial charge in [-0.25, -0.2) is 0 Å². The van der Waals surface area contributed by atoms with E-state index in [-0.39, 0.29) is 19.0 Å². The highest BCUT2D eigenvalue weighted by Crippen LogP contribution is 2.22. The van der Waals surface area contributed by atoms with Crippen molar-refractivity contribution in [2.24, 2.45) is 5.73 Å². The Balaban J connectivity index is 0.00000361. The second-order valence-electron chi connectivity index (χ2n) is 4.39. The maximum Gasteiger partial charge on any atom is 0.255 e. The van der Waals surface area contributed by atoms with Crippen molar-refractivity contribution in [3.63, 3.8) is 0 Å². The molecule has 1 amide bonds. The molecule has 3 N–H and O–H groups in total. The molecule has 0 unspecified atom stereocenters. The normalized spacial score (nSPS) is 9.90. The van der Waals surface area contributed by atoms with Gasteiger partial charge in [0, 0.05) is 17.1 Å². The van der Waals surface area contributed by atoms with Crippen LogP contribution in [0.1, 0.15) is 31.7 Å². The van der Waals surface area contributed by atoms with Gasteiger partial charge in [-0.3, -0.25) is 4.79 Å². The highest BCUT2D eigenvalue weighted by Gasteiger charge is 2.06. The molecule has 0 aliphatic rings. The minimum Gasteiger partial charge on any atom is -0.483 e. The van der Waals surface area contributed by atoms with E-state index in [1.54, 1.807) is 12.1 Å².